The number of carbonyl (C=O) groups excluding carboxylic acids is 1. The molecule has 34 heavy (non-hydrogen) atoms. The van der Waals surface area contributed by atoms with E-state index < -0.39 is 0 Å². The SMILES string of the molecule is Cc1ccccc1C(=O)NC(=NCCc1c[nH]c2ccccc12)Nc1ccc2c(c1)OCCO2. The second kappa shape index (κ2) is 9.70. The minimum absolute atomic E-state index is 0.214. The highest BCUT2D eigenvalue weighted by atomic mass is 16.6. The molecule has 2 heterocycles. The Morgan fingerprint density at radius 3 is 2.68 bits per heavy atom. The number of aryl methyl sites for hydroxylation is 1. The standard InChI is InChI=1S/C27H26N4O3/c1-18-6-2-3-7-21(18)26(32)31-27(30-20-10-11-24-25(16-20)34-15-14-33-24)28-13-12-19-17-29-23-9-5-4-8-22(19)23/h2-11,16-17,29H,12-15H2,1H3,(H2,28,30,31,32). The van der Waals surface area contributed by atoms with Crippen LogP contribution in [0.2, 0.25) is 0 Å². The number of nitrogens with zero attached hydrogens (tertiary/aromatic N) is 1. The minimum Gasteiger partial charge on any atom is -0.486 e. The third kappa shape index (κ3) is 4.73. The minimum atomic E-state index is -0.214. The normalized spacial score (nSPS) is 13.0. The maximum Gasteiger partial charge on any atom is 0.258 e. The molecule has 172 valence electrons. The van der Waals surface area contributed by atoms with Gasteiger partial charge >= 0.3 is 0 Å². The maximum absolute atomic E-state index is 13.0. The predicted octanol–water partition coefficient (Wildman–Crippen LogP) is 4.69. The lowest BCUT2D eigenvalue weighted by Gasteiger charge is -2.19. The van der Waals surface area contributed by atoms with E-state index in [0.717, 1.165) is 23.2 Å². The molecule has 7 nitrogen and oxygen atoms in total. The summed E-state index contributed by atoms with van der Waals surface area (Å²) in [6, 6.07) is 21.3. The first-order valence-electron chi connectivity index (χ1n) is 11.3. The van der Waals surface area contributed by atoms with E-state index in [1.165, 1.54) is 10.9 Å². The van der Waals surface area contributed by atoms with E-state index in [0.29, 0.717) is 42.8 Å². The van der Waals surface area contributed by atoms with E-state index in [9.17, 15) is 4.79 Å². The van der Waals surface area contributed by atoms with Gasteiger partial charge in [-0.3, -0.25) is 15.1 Å². The van der Waals surface area contributed by atoms with Crippen LogP contribution in [0, 0.1) is 6.92 Å². The van der Waals surface area contributed by atoms with Crippen molar-refractivity contribution < 1.29 is 14.3 Å². The summed E-state index contributed by atoms with van der Waals surface area (Å²) in [4.78, 5) is 21.0. The highest BCUT2D eigenvalue weighted by Gasteiger charge is 2.15. The highest BCUT2D eigenvalue weighted by Crippen LogP contribution is 2.32. The molecule has 0 fully saturated rings. The molecule has 0 atom stereocenters. The van der Waals surface area contributed by atoms with Crippen molar-refractivity contribution in [2.75, 3.05) is 25.1 Å². The topological polar surface area (TPSA) is 87.7 Å². The number of carbonyl (C=O) groups is 1. The van der Waals surface area contributed by atoms with Crippen LogP contribution in [-0.4, -0.2) is 36.6 Å². The van der Waals surface area contributed by atoms with Crippen molar-refractivity contribution in [1.82, 2.24) is 10.3 Å². The zero-order valence-corrected chi connectivity index (χ0v) is 18.9. The number of hydrogen-bond donors (Lipinski definition) is 3. The van der Waals surface area contributed by atoms with Crippen LogP contribution >= 0.6 is 0 Å². The number of ether oxygens (including phenoxy) is 2. The number of nitrogens with one attached hydrogen (secondary N) is 3. The number of guanidine groups is 1. The van der Waals surface area contributed by atoms with Crippen molar-refractivity contribution in [1.29, 1.82) is 0 Å². The Balaban J connectivity index is 1.36. The van der Waals surface area contributed by atoms with Crippen LogP contribution in [0.1, 0.15) is 21.5 Å². The van der Waals surface area contributed by atoms with Crippen LogP contribution in [0.3, 0.4) is 0 Å². The lowest BCUT2D eigenvalue weighted by molar-refractivity contribution is 0.0976. The van der Waals surface area contributed by atoms with Crippen molar-refractivity contribution in [2.45, 2.75) is 13.3 Å². The molecule has 0 aliphatic carbocycles. The van der Waals surface area contributed by atoms with Crippen LogP contribution in [0.4, 0.5) is 5.69 Å². The molecule has 5 rings (SSSR count). The molecule has 3 N–H and O–H groups in total. The molecular weight excluding hydrogens is 428 g/mol. The monoisotopic (exact) mass is 454 g/mol. The molecule has 0 radical (unpaired) electrons. The Morgan fingerprint density at radius 1 is 1.00 bits per heavy atom. The quantitative estimate of drug-likeness (QED) is 0.302. The van der Waals surface area contributed by atoms with Gasteiger partial charge in [0.05, 0.1) is 0 Å². The number of aromatic amines is 1. The van der Waals surface area contributed by atoms with Crippen molar-refractivity contribution in [3.8, 4) is 11.5 Å². The molecule has 3 aromatic carbocycles. The van der Waals surface area contributed by atoms with Crippen molar-refractivity contribution in [2.24, 2.45) is 4.99 Å². The smallest absolute Gasteiger partial charge is 0.258 e. The molecule has 0 saturated carbocycles. The number of aromatic nitrogens is 1. The third-order valence-electron chi connectivity index (χ3n) is 5.75. The molecule has 0 bridgehead atoms. The fourth-order valence-electron chi connectivity index (χ4n) is 4.00. The highest BCUT2D eigenvalue weighted by molar-refractivity contribution is 6.10. The molecule has 1 aliphatic heterocycles. The van der Waals surface area contributed by atoms with Crippen LogP contribution in [0.25, 0.3) is 10.9 Å². The van der Waals surface area contributed by atoms with Gasteiger partial charge in [0.2, 0.25) is 5.96 Å². The Morgan fingerprint density at radius 2 is 1.79 bits per heavy atom. The van der Waals surface area contributed by atoms with E-state index in [1.807, 2.05) is 61.7 Å². The molecule has 0 unspecified atom stereocenters. The largest absolute Gasteiger partial charge is 0.486 e. The summed E-state index contributed by atoms with van der Waals surface area (Å²) in [6.07, 6.45) is 2.75. The molecule has 1 amide bonds. The van der Waals surface area contributed by atoms with Gasteiger partial charge in [-0.15, -0.1) is 0 Å². The van der Waals surface area contributed by atoms with Gasteiger partial charge in [-0.1, -0.05) is 36.4 Å². The van der Waals surface area contributed by atoms with E-state index in [1.54, 1.807) is 6.07 Å². The molecule has 1 aromatic heterocycles. The Labute approximate surface area is 197 Å². The average molecular weight is 455 g/mol. The van der Waals surface area contributed by atoms with E-state index in [4.69, 9.17) is 14.5 Å². The maximum atomic E-state index is 13.0. The predicted molar refractivity (Wildman–Crippen MR) is 134 cm³/mol. The summed E-state index contributed by atoms with van der Waals surface area (Å²) in [7, 11) is 0. The van der Waals surface area contributed by atoms with Crippen LogP contribution in [-0.2, 0) is 6.42 Å². The molecule has 0 spiro atoms. The molecule has 1 aliphatic rings. The van der Waals surface area contributed by atoms with Gasteiger partial charge in [0.15, 0.2) is 11.5 Å². The zero-order valence-electron chi connectivity index (χ0n) is 18.9. The summed E-state index contributed by atoms with van der Waals surface area (Å²) < 4.78 is 11.3. The number of H-pyrrole nitrogens is 1. The van der Waals surface area contributed by atoms with Crippen molar-refractivity contribution in [3.05, 3.63) is 89.6 Å². The lowest BCUT2D eigenvalue weighted by Crippen LogP contribution is -2.36. The van der Waals surface area contributed by atoms with E-state index >= 15 is 0 Å². The van der Waals surface area contributed by atoms with Gasteiger partial charge in [0, 0.05) is 41.0 Å². The zero-order chi connectivity index (χ0) is 23.3. The van der Waals surface area contributed by atoms with Gasteiger partial charge in [-0.2, -0.15) is 0 Å². The van der Waals surface area contributed by atoms with Crippen molar-refractivity contribution >= 4 is 28.5 Å². The summed E-state index contributed by atoms with van der Waals surface area (Å²) in [5, 5.41) is 7.36. The summed E-state index contributed by atoms with van der Waals surface area (Å²) in [6.45, 7) is 3.46. The Bertz CT molecular complexity index is 1360. The molecule has 7 heteroatoms. The molecule has 4 aromatic rings. The Hall–Kier alpha value is -4.26. The summed E-state index contributed by atoms with van der Waals surface area (Å²) in [5.41, 5.74) is 4.54. The second-order valence-electron chi connectivity index (χ2n) is 8.09. The van der Waals surface area contributed by atoms with Crippen LogP contribution < -0.4 is 20.1 Å². The van der Waals surface area contributed by atoms with Gasteiger partial charge in [-0.25, -0.2) is 0 Å². The van der Waals surface area contributed by atoms with Gasteiger partial charge < -0.3 is 19.8 Å². The Kier molecular flexibility index (Phi) is 6.16. The second-order valence-corrected chi connectivity index (χ2v) is 8.09. The van der Waals surface area contributed by atoms with Crippen LogP contribution in [0.5, 0.6) is 11.5 Å². The fourth-order valence-corrected chi connectivity index (χ4v) is 4.00. The summed E-state index contributed by atoms with van der Waals surface area (Å²) >= 11 is 0. The van der Waals surface area contributed by atoms with Crippen LogP contribution in [0.15, 0.2) is 77.9 Å². The summed E-state index contributed by atoms with van der Waals surface area (Å²) in [5.74, 6) is 1.54. The van der Waals surface area contributed by atoms with Crippen molar-refractivity contribution in [3.63, 3.8) is 0 Å². The lowest BCUT2D eigenvalue weighted by atomic mass is 10.1. The van der Waals surface area contributed by atoms with Gasteiger partial charge in [0.1, 0.15) is 13.2 Å². The van der Waals surface area contributed by atoms with Gasteiger partial charge in [0.25, 0.3) is 5.91 Å². The first-order valence-corrected chi connectivity index (χ1v) is 11.3. The van der Waals surface area contributed by atoms with Gasteiger partial charge in [-0.05, 0) is 48.7 Å². The fraction of sp³-hybridized carbons (Fsp3) is 0.185. The number of amides is 1. The number of anilines is 1. The first kappa shape index (κ1) is 21.6. The number of rotatable bonds is 5. The molecule has 0 saturated heterocycles. The third-order valence-corrected chi connectivity index (χ3v) is 5.75. The molecular formula is C27H26N4O3. The first-order chi connectivity index (χ1) is 16.7. The number of benzene rings is 3. The average Bonchev–Trinajstić information content (AvgIpc) is 3.27. The number of fused-ring (bicyclic) bond motifs is 2. The van der Waals surface area contributed by atoms with E-state index in [2.05, 4.69) is 27.8 Å². The number of para-hydroxylation sites is 1. The van der Waals surface area contributed by atoms with E-state index in [-0.39, 0.29) is 5.91 Å². The number of hydrogen-bond acceptors (Lipinski definition) is 4. The number of aliphatic imine (C=N–C) groups is 1.